The molecule has 0 spiro atoms. The lowest BCUT2D eigenvalue weighted by Crippen LogP contribution is -2.24. The molecule has 0 fully saturated rings. The molecule has 4 heteroatoms. The molecule has 106 valence electrons. The van der Waals surface area contributed by atoms with Crippen LogP contribution in [-0.4, -0.2) is 6.54 Å². The molecule has 0 aromatic heterocycles. The summed E-state index contributed by atoms with van der Waals surface area (Å²) in [7, 11) is 0. The molecule has 0 aliphatic carbocycles. The van der Waals surface area contributed by atoms with E-state index in [2.05, 4.69) is 12.2 Å². The fraction of sp³-hybridized carbons (Fsp3) is 0.250. The standard InChI is InChI=1S/C16H16Cl2FN/c1-2-10-20-16(11-6-8-12(17)9-7-11)15-13(18)4-3-5-14(15)19/h3-9,16,20H,2,10H2,1H3. The van der Waals surface area contributed by atoms with Crippen molar-refractivity contribution >= 4 is 23.2 Å². The minimum absolute atomic E-state index is 0.277. The molecule has 0 aliphatic heterocycles. The summed E-state index contributed by atoms with van der Waals surface area (Å²) in [5, 5.41) is 4.42. The van der Waals surface area contributed by atoms with E-state index in [1.54, 1.807) is 24.3 Å². The van der Waals surface area contributed by atoms with Crippen molar-refractivity contribution in [2.75, 3.05) is 6.54 Å². The van der Waals surface area contributed by atoms with Crippen molar-refractivity contribution in [1.29, 1.82) is 0 Å². The number of halogens is 3. The van der Waals surface area contributed by atoms with Crippen molar-refractivity contribution in [1.82, 2.24) is 5.32 Å². The van der Waals surface area contributed by atoms with E-state index >= 15 is 0 Å². The highest BCUT2D eigenvalue weighted by Crippen LogP contribution is 2.31. The van der Waals surface area contributed by atoms with Gasteiger partial charge in [0.05, 0.1) is 6.04 Å². The maximum absolute atomic E-state index is 14.1. The fourth-order valence-electron chi connectivity index (χ4n) is 2.12. The van der Waals surface area contributed by atoms with Crippen LogP contribution in [-0.2, 0) is 0 Å². The predicted octanol–water partition coefficient (Wildman–Crippen LogP) is 5.22. The molecule has 0 radical (unpaired) electrons. The van der Waals surface area contributed by atoms with Crippen LogP contribution in [0.3, 0.4) is 0 Å². The minimum atomic E-state index is -0.305. The van der Waals surface area contributed by atoms with Crippen LogP contribution in [0.4, 0.5) is 4.39 Å². The molecule has 2 aromatic rings. The minimum Gasteiger partial charge on any atom is -0.306 e. The molecule has 0 amide bonds. The molecule has 1 unspecified atom stereocenters. The second-order valence-corrected chi connectivity index (χ2v) is 5.42. The van der Waals surface area contributed by atoms with Gasteiger partial charge in [0.15, 0.2) is 0 Å². The van der Waals surface area contributed by atoms with Gasteiger partial charge in [0.25, 0.3) is 0 Å². The topological polar surface area (TPSA) is 12.0 Å². The normalized spacial score (nSPS) is 12.4. The number of hydrogen-bond acceptors (Lipinski definition) is 1. The highest BCUT2D eigenvalue weighted by Gasteiger charge is 2.20. The summed E-state index contributed by atoms with van der Waals surface area (Å²) in [4.78, 5) is 0. The molecular formula is C16H16Cl2FN. The smallest absolute Gasteiger partial charge is 0.129 e. The highest BCUT2D eigenvalue weighted by atomic mass is 35.5. The van der Waals surface area contributed by atoms with Crippen LogP contribution < -0.4 is 5.32 Å². The van der Waals surface area contributed by atoms with Gasteiger partial charge in [-0.3, -0.25) is 0 Å². The lowest BCUT2D eigenvalue weighted by molar-refractivity contribution is 0.547. The molecule has 0 saturated heterocycles. The molecule has 2 aromatic carbocycles. The molecule has 1 N–H and O–H groups in total. The number of rotatable bonds is 5. The predicted molar refractivity (Wildman–Crippen MR) is 83.0 cm³/mol. The van der Waals surface area contributed by atoms with E-state index in [-0.39, 0.29) is 11.9 Å². The summed E-state index contributed by atoms with van der Waals surface area (Å²) in [6.07, 6.45) is 0.955. The monoisotopic (exact) mass is 311 g/mol. The van der Waals surface area contributed by atoms with Crippen molar-refractivity contribution in [3.63, 3.8) is 0 Å². The van der Waals surface area contributed by atoms with Gasteiger partial charge in [-0.05, 0) is 42.8 Å². The van der Waals surface area contributed by atoms with Gasteiger partial charge in [0.1, 0.15) is 5.82 Å². The SMILES string of the molecule is CCCNC(c1ccc(Cl)cc1)c1c(F)cccc1Cl. The molecule has 0 saturated carbocycles. The van der Waals surface area contributed by atoms with E-state index in [1.165, 1.54) is 6.07 Å². The highest BCUT2D eigenvalue weighted by molar-refractivity contribution is 6.31. The van der Waals surface area contributed by atoms with Gasteiger partial charge in [-0.2, -0.15) is 0 Å². The second-order valence-electron chi connectivity index (χ2n) is 4.57. The Kier molecular flexibility index (Phi) is 5.41. The molecule has 2 rings (SSSR count). The van der Waals surface area contributed by atoms with E-state index in [0.29, 0.717) is 15.6 Å². The van der Waals surface area contributed by atoms with Crippen molar-refractivity contribution < 1.29 is 4.39 Å². The molecule has 0 bridgehead atoms. The van der Waals surface area contributed by atoms with Crippen molar-refractivity contribution in [2.45, 2.75) is 19.4 Å². The summed E-state index contributed by atoms with van der Waals surface area (Å²) < 4.78 is 14.1. The van der Waals surface area contributed by atoms with Crippen LogP contribution in [0.25, 0.3) is 0 Å². The van der Waals surface area contributed by atoms with E-state index in [0.717, 1.165) is 18.5 Å². The van der Waals surface area contributed by atoms with Gasteiger partial charge in [-0.25, -0.2) is 4.39 Å². The summed E-state index contributed by atoms with van der Waals surface area (Å²) in [6.45, 7) is 2.84. The van der Waals surface area contributed by atoms with Gasteiger partial charge in [0, 0.05) is 15.6 Å². The first-order valence-corrected chi connectivity index (χ1v) is 7.31. The second kappa shape index (κ2) is 7.07. The van der Waals surface area contributed by atoms with E-state index in [4.69, 9.17) is 23.2 Å². The van der Waals surface area contributed by atoms with Crippen LogP contribution in [0, 0.1) is 5.82 Å². The number of hydrogen-bond donors (Lipinski definition) is 1. The van der Waals surface area contributed by atoms with E-state index in [9.17, 15) is 4.39 Å². The van der Waals surface area contributed by atoms with E-state index in [1.807, 2.05) is 12.1 Å². The maximum atomic E-state index is 14.1. The lowest BCUT2D eigenvalue weighted by atomic mass is 9.98. The first-order valence-electron chi connectivity index (χ1n) is 6.56. The quantitative estimate of drug-likeness (QED) is 0.798. The Bertz CT molecular complexity index is 549. The summed E-state index contributed by atoms with van der Waals surface area (Å²) >= 11 is 12.1. The average Bonchev–Trinajstić information content (AvgIpc) is 2.43. The molecular weight excluding hydrogens is 296 g/mol. The molecule has 1 nitrogen and oxygen atoms in total. The van der Waals surface area contributed by atoms with Crippen LogP contribution in [0.15, 0.2) is 42.5 Å². The third kappa shape index (κ3) is 3.51. The Balaban J connectivity index is 2.44. The Morgan fingerprint density at radius 1 is 1.10 bits per heavy atom. The summed E-state index contributed by atoms with van der Waals surface area (Å²) in [6, 6.07) is 11.8. The van der Waals surface area contributed by atoms with E-state index < -0.39 is 0 Å². The number of nitrogens with one attached hydrogen (secondary N) is 1. The maximum Gasteiger partial charge on any atom is 0.129 e. The van der Waals surface area contributed by atoms with Gasteiger partial charge in [0.2, 0.25) is 0 Å². The van der Waals surface area contributed by atoms with Crippen molar-refractivity contribution in [3.05, 3.63) is 69.5 Å². The Labute approximate surface area is 128 Å². The number of benzene rings is 2. The van der Waals surface area contributed by atoms with Crippen LogP contribution in [0.2, 0.25) is 10.0 Å². The average molecular weight is 312 g/mol. The van der Waals surface area contributed by atoms with Gasteiger partial charge >= 0.3 is 0 Å². The third-order valence-corrected chi connectivity index (χ3v) is 3.67. The zero-order valence-electron chi connectivity index (χ0n) is 11.2. The zero-order valence-corrected chi connectivity index (χ0v) is 12.7. The van der Waals surface area contributed by atoms with Gasteiger partial charge in [-0.15, -0.1) is 0 Å². The lowest BCUT2D eigenvalue weighted by Gasteiger charge is -2.21. The van der Waals surface area contributed by atoms with Gasteiger partial charge in [-0.1, -0.05) is 48.3 Å². The summed E-state index contributed by atoms with van der Waals surface area (Å²) in [5.74, 6) is -0.305. The van der Waals surface area contributed by atoms with Gasteiger partial charge < -0.3 is 5.32 Å². The fourth-order valence-corrected chi connectivity index (χ4v) is 2.52. The van der Waals surface area contributed by atoms with Crippen LogP contribution in [0.1, 0.15) is 30.5 Å². The molecule has 0 heterocycles. The third-order valence-electron chi connectivity index (χ3n) is 3.09. The largest absolute Gasteiger partial charge is 0.306 e. The Morgan fingerprint density at radius 2 is 1.80 bits per heavy atom. The molecule has 0 aliphatic rings. The Morgan fingerprint density at radius 3 is 2.40 bits per heavy atom. The van der Waals surface area contributed by atoms with Crippen LogP contribution in [0.5, 0.6) is 0 Å². The van der Waals surface area contributed by atoms with Crippen molar-refractivity contribution in [2.24, 2.45) is 0 Å². The molecule has 1 atom stereocenters. The Hall–Kier alpha value is -1.09. The first kappa shape index (κ1) is 15.3. The summed E-state index contributed by atoms with van der Waals surface area (Å²) in [5.41, 5.74) is 1.42. The molecule has 20 heavy (non-hydrogen) atoms. The van der Waals surface area contributed by atoms with Crippen molar-refractivity contribution in [3.8, 4) is 0 Å². The zero-order chi connectivity index (χ0) is 14.5. The van der Waals surface area contributed by atoms with Crippen LogP contribution >= 0.6 is 23.2 Å². The first-order chi connectivity index (χ1) is 9.63.